The van der Waals surface area contributed by atoms with Gasteiger partial charge in [-0.3, -0.25) is 14.3 Å². The van der Waals surface area contributed by atoms with E-state index in [1.165, 1.54) is 11.8 Å². The average Bonchev–Trinajstić information content (AvgIpc) is 2.97. The summed E-state index contributed by atoms with van der Waals surface area (Å²) >= 11 is 0. The van der Waals surface area contributed by atoms with Gasteiger partial charge in [-0.1, -0.05) is 35.5 Å². The van der Waals surface area contributed by atoms with Gasteiger partial charge in [0.25, 0.3) is 0 Å². The third-order valence-electron chi connectivity index (χ3n) is 3.19. The van der Waals surface area contributed by atoms with Crippen molar-refractivity contribution >= 4 is 11.8 Å². The Kier molecular flexibility index (Phi) is 5.24. The Morgan fingerprint density at radius 2 is 2.00 bits per heavy atom. The number of nitrogens with one attached hydrogen (secondary N) is 1. The van der Waals surface area contributed by atoms with Gasteiger partial charge in [-0.25, -0.2) is 0 Å². The number of hydrogen-bond donors (Lipinski definition) is 1. The van der Waals surface area contributed by atoms with Crippen LogP contribution in [0.1, 0.15) is 6.92 Å². The number of carbonyl (C=O) groups excluding carboxylic acids is 2. The molecule has 2 amide bonds. The molecule has 2 rings (SSSR count). The maximum Gasteiger partial charge on any atom is 0.239 e. The Morgan fingerprint density at radius 1 is 1.27 bits per heavy atom. The van der Waals surface area contributed by atoms with E-state index < -0.39 is 0 Å². The van der Waals surface area contributed by atoms with Crippen molar-refractivity contribution in [3.05, 3.63) is 36.5 Å². The van der Waals surface area contributed by atoms with Gasteiger partial charge in [-0.2, -0.15) is 0 Å². The SMILES string of the molecule is CC(=O)N(C)CC(=O)NCCn1cc(-c2ccccc2)nn1. The Hall–Kier alpha value is -2.70. The summed E-state index contributed by atoms with van der Waals surface area (Å²) < 4.78 is 1.68. The first kappa shape index (κ1) is 15.7. The lowest BCUT2D eigenvalue weighted by molar-refractivity contribution is -0.133. The van der Waals surface area contributed by atoms with Crippen LogP contribution >= 0.6 is 0 Å². The number of likely N-dealkylation sites (N-methyl/N-ethyl adjacent to an activating group) is 1. The Morgan fingerprint density at radius 3 is 2.68 bits per heavy atom. The molecule has 0 bridgehead atoms. The van der Waals surface area contributed by atoms with Crippen molar-refractivity contribution in [2.45, 2.75) is 13.5 Å². The maximum atomic E-state index is 11.6. The molecule has 0 aliphatic heterocycles. The van der Waals surface area contributed by atoms with E-state index in [-0.39, 0.29) is 18.4 Å². The van der Waals surface area contributed by atoms with E-state index in [9.17, 15) is 9.59 Å². The Balaban J connectivity index is 1.80. The van der Waals surface area contributed by atoms with Crippen molar-refractivity contribution in [1.29, 1.82) is 0 Å². The number of amides is 2. The normalized spacial score (nSPS) is 10.3. The van der Waals surface area contributed by atoms with Crippen molar-refractivity contribution < 1.29 is 9.59 Å². The van der Waals surface area contributed by atoms with Crippen LogP contribution in [0.3, 0.4) is 0 Å². The number of rotatable bonds is 6. The molecular weight excluding hydrogens is 282 g/mol. The third kappa shape index (κ3) is 4.41. The predicted octanol–water partition coefficient (Wildman–Crippen LogP) is 0.540. The fourth-order valence-electron chi connectivity index (χ4n) is 1.84. The summed E-state index contributed by atoms with van der Waals surface area (Å²) in [5, 5.41) is 10.9. The first-order chi connectivity index (χ1) is 10.6. The smallest absolute Gasteiger partial charge is 0.239 e. The highest BCUT2D eigenvalue weighted by atomic mass is 16.2. The standard InChI is InChI=1S/C15H19N5O2/c1-12(21)19(2)11-15(22)16-8-9-20-10-14(17-18-20)13-6-4-3-5-7-13/h3-7,10H,8-9,11H2,1-2H3,(H,16,22). The van der Waals surface area contributed by atoms with Crippen LogP contribution in [-0.2, 0) is 16.1 Å². The van der Waals surface area contributed by atoms with Crippen LogP contribution in [-0.4, -0.2) is 51.8 Å². The molecule has 7 nitrogen and oxygen atoms in total. The summed E-state index contributed by atoms with van der Waals surface area (Å²) in [4.78, 5) is 24.0. The molecule has 1 aromatic heterocycles. The Labute approximate surface area is 128 Å². The largest absolute Gasteiger partial charge is 0.353 e. The van der Waals surface area contributed by atoms with Gasteiger partial charge in [0.05, 0.1) is 19.3 Å². The van der Waals surface area contributed by atoms with Gasteiger partial charge < -0.3 is 10.2 Å². The molecule has 0 aliphatic rings. The summed E-state index contributed by atoms with van der Waals surface area (Å²) in [5.74, 6) is -0.333. The first-order valence-electron chi connectivity index (χ1n) is 7.00. The molecule has 1 N–H and O–H groups in total. The monoisotopic (exact) mass is 301 g/mol. The van der Waals surface area contributed by atoms with E-state index in [0.717, 1.165) is 11.3 Å². The zero-order valence-corrected chi connectivity index (χ0v) is 12.7. The predicted molar refractivity (Wildman–Crippen MR) is 81.8 cm³/mol. The van der Waals surface area contributed by atoms with Crippen LogP contribution in [0.4, 0.5) is 0 Å². The van der Waals surface area contributed by atoms with Crippen LogP contribution < -0.4 is 5.32 Å². The molecule has 0 aliphatic carbocycles. The number of nitrogens with zero attached hydrogens (tertiary/aromatic N) is 4. The van der Waals surface area contributed by atoms with E-state index in [4.69, 9.17) is 0 Å². The zero-order valence-electron chi connectivity index (χ0n) is 12.7. The van der Waals surface area contributed by atoms with Crippen LogP contribution in [0.5, 0.6) is 0 Å². The summed E-state index contributed by atoms with van der Waals surface area (Å²) in [5.41, 5.74) is 1.80. The molecule has 116 valence electrons. The van der Waals surface area contributed by atoms with E-state index in [2.05, 4.69) is 15.6 Å². The van der Waals surface area contributed by atoms with Gasteiger partial charge >= 0.3 is 0 Å². The van der Waals surface area contributed by atoms with Crippen molar-refractivity contribution in [2.24, 2.45) is 0 Å². The van der Waals surface area contributed by atoms with E-state index in [1.54, 1.807) is 11.7 Å². The molecule has 0 radical (unpaired) electrons. The lowest BCUT2D eigenvalue weighted by Crippen LogP contribution is -2.38. The van der Waals surface area contributed by atoms with Crippen LogP contribution in [0.25, 0.3) is 11.3 Å². The minimum absolute atomic E-state index is 0.0575. The van der Waals surface area contributed by atoms with Gasteiger partial charge in [0.15, 0.2) is 0 Å². The molecule has 0 atom stereocenters. The highest BCUT2D eigenvalue weighted by molar-refractivity contribution is 5.83. The quantitative estimate of drug-likeness (QED) is 0.844. The van der Waals surface area contributed by atoms with Crippen molar-refractivity contribution in [3.8, 4) is 11.3 Å². The first-order valence-corrected chi connectivity index (χ1v) is 7.00. The molecular formula is C15H19N5O2. The molecule has 1 heterocycles. The second-order valence-corrected chi connectivity index (χ2v) is 4.96. The van der Waals surface area contributed by atoms with Crippen LogP contribution in [0.15, 0.2) is 36.5 Å². The van der Waals surface area contributed by atoms with Gasteiger partial charge in [-0.05, 0) is 0 Å². The molecule has 7 heteroatoms. The number of hydrogen-bond acceptors (Lipinski definition) is 4. The third-order valence-corrected chi connectivity index (χ3v) is 3.19. The fraction of sp³-hybridized carbons (Fsp3) is 0.333. The zero-order chi connectivity index (χ0) is 15.9. The molecule has 0 unspecified atom stereocenters. The molecule has 0 saturated carbocycles. The van der Waals surface area contributed by atoms with Gasteiger partial charge in [-0.15, -0.1) is 5.10 Å². The summed E-state index contributed by atoms with van der Waals surface area (Å²) in [7, 11) is 1.59. The van der Waals surface area contributed by atoms with Crippen LogP contribution in [0.2, 0.25) is 0 Å². The molecule has 22 heavy (non-hydrogen) atoms. The van der Waals surface area contributed by atoms with Crippen molar-refractivity contribution in [2.75, 3.05) is 20.1 Å². The second kappa shape index (κ2) is 7.35. The molecule has 2 aromatic rings. The highest BCUT2D eigenvalue weighted by Crippen LogP contribution is 2.14. The van der Waals surface area contributed by atoms with E-state index in [1.807, 2.05) is 36.5 Å². The average molecular weight is 301 g/mol. The summed E-state index contributed by atoms with van der Waals surface area (Å²) in [6, 6.07) is 9.77. The van der Waals surface area contributed by atoms with E-state index >= 15 is 0 Å². The van der Waals surface area contributed by atoms with Crippen molar-refractivity contribution in [3.63, 3.8) is 0 Å². The van der Waals surface area contributed by atoms with Gasteiger partial charge in [0.1, 0.15) is 5.69 Å². The fourth-order valence-corrected chi connectivity index (χ4v) is 1.84. The maximum absolute atomic E-state index is 11.6. The number of carbonyl (C=O) groups is 2. The van der Waals surface area contributed by atoms with Crippen LogP contribution in [0, 0.1) is 0 Å². The second-order valence-electron chi connectivity index (χ2n) is 4.96. The minimum atomic E-state index is -0.193. The van der Waals surface area contributed by atoms with E-state index in [0.29, 0.717) is 13.1 Å². The summed E-state index contributed by atoms with van der Waals surface area (Å²) in [6.07, 6.45) is 1.84. The Bertz CT molecular complexity index is 638. The topological polar surface area (TPSA) is 80.1 Å². The minimum Gasteiger partial charge on any atom is -0.353 e. The lowest BCUT2D eigenvalue weighted by atomic mass is 10.2. The lowest BCUT2D eigenvalue weighted by Gasteiger charge is -2.14. The summed E-state index contributed by atoms with van der Waals surface area (Å²) in [6.45, 7) is 2.44. The highest BCUT2D eigenvalue weighted by Gasteiger charge is 2.08. The molecule has 0 fully saturated rings. The van der Waals surface area contributed by atoms with Gasteiger partial charge in [0.2, 0.25) is 11.8 Å². The molecule has 0 saturated heterocycles. The molecule has 0 spiro atoms. The van der Waals surface area contributed by atoms with Gasteiger partial charge in [0, 0.05) is 26.1 Å². The van der Waals surface area contributed by atoms with Crippen molar-refractivity contribution in [1.82, 2.24) is 25.2 Å². The number of benzene rings is 1. The number of aromatic nitrogens is 3. The molecule has 1 aromatic carbocycles.